The number of hydrogen-bond acceptors (Lipinski definition) is 3. The highest BCUT2D eigenvalue weighted by Gasteiger charge is 2.14. The third-order valence-corrected chi connectivity index (χ3v) is 10.1. The van der Waals surface area contributed by atoms with E-state index in [1.807, 2.05) is 0 Å². The van der Waals surface area contributed by atoms with E-state index >= 15 is 0 Å². The highest BCUT2D eigenvalue weighted by molar-refractivity contribution is 5.69. The number of allylic oxidation sites excluding steroid dienone is 8. The van der Waals surface area contributed by atoms with Gasteiger partial charge in [-0.1, -0.05) is 191 Å². The first-order valence-corrected chi connectivity index (χ1v) is 22.6. The van der Waals surface area contributed by atoms with Crippen molar-refractivity contribution in [1.82, 2.24) is 0 Å². The van der Waals surface area contributed by atoms with E-state index in [1.165, 1.54) is 135 Å². The van der Waals surface area contributed by atoms with E-state index < -0.39 is 5.97 Å². The fourth-order valence-corrected chi connectivity index (χ4v) is 6.70. The minimum absolute atomic E-state index is 0.0135. The summed E-state index contributed by atoms with van der Waals surface area (Å²) in [7, 11) is 0. The first-order chi connectivity index (χ1) is 25.6. The molecule has 0 aliphatic rings. The average Bonchev–Trinajstić information content (AvgIpc) is 3.13. The number of esters is 1. The van der Waals surface area contributed by atoms with Crippen LogP contribution in [0.15, 0.2) is 48.6 Å². The van der Waals surface area contributed by atoms with Gasteiger partial charge in [0.05, 0.1) is 0 Å². The molecule has 0 aromatic rings. The molecule has 4 heteroatoms. The van der Waals surface area contributed by atoms with Gasteiger partial charge in [-0.05, 0) is 83.5 Å². The first kappa shape index (κ1) is 49.9. The van der Waals surface area contributed by atoms with Crippen LogP contribution in [0.25, 0.3) is 0 Å². The van der Waals surface area contributed by atoms with Crippen molar-refractivity contribution in [3.8, 4) is 0 Å². The van der Waals surface area contributed by atoms with Crippen LogP contribution >= 0.6 is 0 Å². The van der Waals surface area contributed by atoms with Gasteiger partial charge in [-0.15, -0.1) is 0 Å². The molecular weight excluding hydrogens is 641 g/mol. The summed E-state index contributed by atoms with van der Waals surface area (Å²) in [5.41, 5.74) is 0. The minimum Gasteiger partial charge on any atom is -0.481 e. The number of ether oxygens (including phenoxy) is 1. The SMILES string of the molecule is CCCCC/C=C\C/C=C\C/C=C\C/C=C\CCCCCCCC(=O)OC(CCCCCCCCCCCC)CCCCCCCCCCC(=O)O. The van der Waals surface area contributed by atoms with E-state index in [4.69, 9.17) is 9.84 Å². The monoisotopic (exact) mass is 727 g/mol. The summed E-state index contributed by atoms with van der Waals surface area (Å²) in [5, 5.41) is 8.77. The average molecular weight is 727 g/mol. The maximum absolute atomic E-state index is 12.8. The van der Waals surface area contributed by atoms with Crippen molar-refractivity contribution < 1.29 is 19.4 Å². The van der Waals surface area contributed by atoms with Crippen molar-refractivity contribution in [3.63, 3.8) is 0 Å². The zero-order valence-electron chi connectivity index (χ0n) is 34.6. The Hall–Kier alpha value is -2.10. The molecule has 0 amide bonds. The van der Waals surface area contributed by atoms with E-state index in [0.29, 0.717) is 12.8 Å². The van der Waals surface area contributed by atoms with Crippen molar-refractivity contribution in [3.05, 3.63) is 48.6 Å². The summed E-state index contributed by atoms with van der Waals surface area (Å²) in [5.74, 6) is -0.669. The molecule has 0 saturated carbocycles. The quantitative estimate of drug-likeness (QED) is 0.0387. The molecule has 0 radical (unpaired) electrons. The van der Waals surface area contributed by atoms with Gasteiger partial charge in [0.2, 0.25) is 0 Å². The van der Waals surface area contributed by atoms with Crippen molar-refractivity contribution in [2.24, 2.45) is 0 Å². The smallest absolute Gasteiger partial charge is 0.306 e. The van der Waals surface area contributed by atoms with Gasteiger partial charge in [0.25, 0.3) is 0 Å². The normalized spacial score (nSPS) is 12.7. The number of aliphatic carboxylic acids is 1. The second-order valence-electron chi connectivity index (χ2n) is 15.2. The summed E-state index contributed by atoms with van der Waals surface area (Å²) in [6, 6.07) is 0. The summed E-state index contributed by atoms with van der Waals surface area (Å²) >= 11 is 0. The second kappa shape index (κ2) is 43.3. The van der Waals surface area contributed by atoms with E-state index in [1.54, 1.807) is 0 Å². The maximum Gasteiger partial charge on any atom is 0.306 e. The maximum atomic E-state index is 12.8. The lowest BCUT2D eigenvalue weighted by Crippen LogP contribution is -2.18. The van der Waals surface area contributed by atoms with Crippen LogP contribution in [0.4, 0.5) is 0 Å². The van der Waals surface area contributed by atoms with Crippen LogP contribution in [0, 0.1) is 0 Å². The molecule has 0 spiro atoms. The molecule has 0 aliphatic carbocycles. The molecule has 0 aromatic heterocycles. The summed E-state index contributed by atoms with van der Waals surface area (Å²) in [4.78, 5) is 23.4. The van der Waals surface area contributed by atoms with Crippen LogP contribution in [-0.2, 0) is 14.3 Å². The number of carbonyl (C=O) groups is 2. The highest BCUT2D eigenvalue weighted by Crippen LogP contribution is 2.19. The molecule has 0 heterocycles. The van der Waals surface area contributed by atoms with Crippen LogP contribution in [0.2, 0.25) is 0 Å². The molecule has 1 N–H and O–H groups in total. The molecule has 0 aliphatic heterocycles. The van der Waals surface area contributed by atoms with Crippen LogP contribution in [0.3, 0.4) is 0 Å². The molecule has 4 nitrogen and oxygen atoms in total. The lowest BCUT2D eigenvalue weighted by molar-refractivity contribution is -0.150. The van der Waals surface area contributed by atoms with Crippen LogP contribution < -0.4 is 0 Å². The lowest BCUT2D eigenvalue weighted by atomic mass is 10.0. The summed E-state index contributed by atoms with van der Waals surface area (Å²) in [6.07, 6.45) is 58.6. The molecule has 0 saturated heterocycles. The Labute approximate surface area is 323 Å². The van der Waals surface area contributed by atoms with Crippen molar-refractivity contribution >= 4 is 11.9 Å². The zero-order valence-corrected chi connectivity index (χ0v) is 34.6. The minimum atomic E-state index is -0.683. The highest BCUT2D eigenvalue weighted by atomic mass is 16.5. The number of carboxylic acid groups (broad SMARTS) is 1. The number of rotatable bonds is 41. The van der Waals surface area contributed by atoms with E-state index in [-0.39, 0.29) is 12.1 Å². The van der Waals surface area contributed by atoms with Crippen molar-refractivity contribution in [2.75, 3.05) is 0 Å². The van der Waals surface area contributed by atoms with Gasteiger partial charge in [0.1, 0.15) is 6.10 Å². The molecule has 0 fully saturated rings. The Morgan fingerprint density at radius 3 is 1.19 bits per heavy atom. The van der Waals surface area contributed by atoms with E-state index in [9.17, 15) is 9.59 Å². The predicted octanol–water partition coefficient (Wildman–Crippen LogP) is 15.9. The van der Waals surface area contributed by atoms with Gasteiger partial charge < -0.3 is 9.84 Å². The summed E-state index contributed by atoms with van der Waals surface area (Å²) in [6.45, 7) is 4.53. The van der Waals surface area contributed by atoms with Gasteiger partial charge in [0.15, 0.2) is 0 Å². The molecule has 1 atom stereocenters. The Morgan fingerprint density at radius 2 is 0.750 bits per heavy atom. The molecule has 0 aromatic carbocycles. The Kier molecular flexibility index (Phi) is 41.6. The Balaban J connectivity index is 4.06. The fraction of sp³-hybridized carbons (Fsp3) is 0.792. The summed E-state index contributed by atoms with van der Waals surface area (Å²) < 4.78 is 6.06. The van der Waals surface area contributed by atoms with Crippen LogP contribution in [0.5, 0.6) is 0 Å². The number of unbranched alkanes of at least 4 members (excludes halogenated alkanes) is 24. The van der Waals surface area contributed by atoms with Crippen LogP contribution in [0.1, 0.15) is 239 Å². The number of hydrogen-bond donors (Lipinski definition) is 1. The van der Waals surface area contributed by atoms with Gasteiger partial charge >= 0.3 is 11.9 Å². The third kappa shape index (κ3) is 42.3. The van der Waals surface area contributed by atoms with Crippen molar-refractivity contribution in [1.29, 1.82) is 0 Å². The molecule has 0 bridgehead atoms. The Bertz CT molecular complexity index is 870. The number of carbonyl (C=O) groups excluding carboxylic acids is 1. The van der Waals surface area contributed by atoms with Gasteiger partial charge in [-0.25, -0.2) is 0 Å². The third-order valence-electron chi connectivity index (χ3n) is 10.1. The molecule has 0 rings (SSSR count). The van der Waals surface area contributed by atoms with Crippen molar-refractivity contribution in [2.45, 2.75) is 245 Å². The van der Waals surface area contributed by atoms with Crippen LogP contribution in [-0.4, -0.2) is 23.1 Å². The Morgan fingerprint density at radius 1 is 0.423 bits per heavy atom. The molecule has 1 unspecified atom stereocenters. The molecule has 302 valence electrons. The fourth-order valence-electron chi connectivity index (χ4n) is 6.70. The first-order valence-electron chi connectivity index (χ1n) is 22.6. The zero-order chi connectivity index (χ0) is 37.8. The van der Waals surface area contributed by atoms with Gasteiger partial charge in [0, 0.05) is 12.8 Å². The molecular formula is C48H86O4. The van der Waals surface area contributed by atoms with E-state index in [2.05, 4.69) is 62.5 Å². The largest absolute Gasteiger partial charge is 0.481 e. The standard InChI is InChI=1S/C48H86O4/c1-3-5-7-9-11-13-15-16-17-18-19-20-21-22-23-24-25-27-33-37-41-45-48(51)52-46(42-38-34-30-26-14-12-10-8-6-4-2)43-39-35-31-28-29-32-36-40-44-47(49)50/h11,13,16-17,19-20,22-23,46H,3-10,12,14-15,18,21,24-45H2,1-2H3,(H,49,50)/b13-11-,17-16-,20-19-,23-22-. The second-order valence-corrected chi connectivity index (χ2v) is 15.2. The predicted molar refractivity (Wildman–Crippen MR) is 227 cm³/mol. The number of carboxylic acids is 1. The molecule has 52 heavy (non-hydrogen) atoms. The lowest BCUT2D eigenvalue weighted by Gasteiger charge is -2.18. The topological polar surface area (TPSA) is 63.6 Å². The van der Waals surface area contributed by atoms with Gasteiger partial charge in [-0.2, -0.15) is 0 Å². The van der Waals surface area contributed by atoms with E-state index in [0.717, 1.165) is 77.0 Å². The van der Waals surface area contributed by atoms with Gasteiger partial charge in [-0.3, -0.25) is 9.59 Å².